The largest absolute Gasteiger partial charge is 0.395 e. The summed E-state index contributed by atoms with van der Waals surface area (Å²) in [7, 11) is -3.69. The van der Waals surface area contributed by atoms with Gasteiger partial charge in [0, 0.05) is 12.8 Å². The van der Waals surface area contributed by atoms with E-state index in [1.807, 2.05) is 0 Å². The summed E-state index contributed by atoms with van der Waals surface area (Å²) >= 11 is 0. The van der Waals surface area contributed by atoms with E-state index in [0.29, 0.717) is 0 Å². The number of rotatable bonds is 3. The molecule has 1 aromatic rings. The van der Waals surface area contributed by atoms with Crippen LogP contribution in [0.1, 0.15) is 32.1 Å². The second kappa shape index (κ2) is 5.31. The van der Waals surface area contributed by atoms with E-state index in [1.54, 1.807) is 18.2 Å². The van der Waals surface area contributed by atoms with Crippen LogP contribution in [0.25, 0.3) is 0 Å². The molecule has 1 aromatic carbocycles. The number of benzene rings is 1. The first kappa shape index (κ1) is 12.1. The van der Waals surface area contributed by atoms with Crippen LogP contribution < -0.4 is 5.16 Å². The molecule has 0 saturated heterocycles. The molecule has 1 saturated carbocycles. The molecule has 0 spiro atoms. The fraction of sp³-hybridized carbons (Fsp3) is 0.417. The molecule has 0 radical (unpaired) electrons. The van der Waals surface area contributed by atoms with Crippen molar-refractivity contribution in [3.63, 3.8) is 0 Å². The first-order valence-corrected chi connectivity index (χ1v) is 7.18. The van der Waals surface area contributed by atoms with E-state index >= 15 is 0 Å². The molecule has 0 heterocycles. The van der Waals surface area contributed by atoms with Gasteiger partial charge in [-0.25, -0.2) is 0 Å². The summed E-state index contributed by atoms with van der Waals surface area (Å²) < 4.78 is 28.4. The molecule has 0 unspecified atom stereocenters. The van der Waals surface area contributed by atoms with Crippen LogP contribution in [-0.2, 0) is 14.4 Å². The van der Waals surface area contributed by atoms with Crippen molar-refractivity contribution in [3.8, 4) is 0 Å². The summed E-state index contributed by atoms with van der Waals surface area (Å²) in [6.07, 6.45) is 5.18. The minimum Gasteiger partial charge on any atom is -0.176 e. The van der Waals surface area contributed by atoms with Gasteiger partial charge < -0.3 is 0 Å². The van der Waals surface area contributed by atoms with Crippen molar-refractivity contribution in [2.75, 3.05) is 0 Å². The molecular formula is C12H16NO3S+. The van der Waals surface area contributed by atoms with Gasteiger partial charge in [-0.1, -0.05) is 24.6 Å². The second-order valence-corrected chi connectivity index (χ2v) is 5.66. The normalized spacial score (nSPS) is 16.6. The van der Waals surface area contributed by atoms with Gasteiger partial charge >= 0.3 is 10.1 Å². The summed E-state index contributed by atoms with van der Waals surface area (Å²) in [5.41, 5.74) is 0.968. The average Bonchev–Trinajstić information content (AvgIpc) is 2.39. The first-order chi connectivity index (χ1) is 8.18. The number of nitrogens with one attached hydrogen (secondary N) is 1. The van der Waals surface area contributed by atoms with E-state index < -0.39 is 10.1 Å². The molecule has 0 aromatic heterocycles. The maximum atomic E-state index is 11.8. The highest BCUT2D eigenvalue weighted by Gasteiger charge is 2.20. The van der Waals surface area contributed by atoms with Gasteiger partial charge in [0.2, 0.25) is 5.71 Å². The molecule has 1 fully saturated rings. The Balaban J connectivity index is 2.08. The van der Waals surface area contributed by atoms with Crippen LogP contribution in [0.4, 0.5) is 0 Å². The minimum absolute atomic E-state index is 0.170. The van der Waals surface area contributed by atoms with Crippen molar-refractivity contribution in [1.82, 2.24) is 0 Å². The fourth-order valence-corrected chi connectivity index (χ4v) is 2.64. The highest BCUT2D eigenvalue weighted by atomic mass is 32.2. The lowest BCUT2D eigenvalue weighted by Gasteiger charge is -2.06. The molecule has 17 heavy (non-hydrogen) atoms. The minimum atomic E-state index is -3.69. The third-order valence-electron chi connectivity index (χ3n) is 2.78. The van der Waals surface area contributed by atoms with Gasteiger partial charge in [-0.15, -0.1) is 4.28 Å². The van der Waals surface area contributed by atoms with Crippen molar-refractivity contribution in [2.45, 2.75) is 37.0 Å². The van der Waals surface area contributed by atoms with Gasteiger partial charge in [0.15, 0.2) is 0 Å². The average molecular weight is 254 g/mol. The molecule has 1 aliphatic rings. The standard InChI is InChI=1S/C12H15NO3S/c14-17(15,12-9-5-2-6-10-12)16-13-11-7-3-1-4-8-11/h2,5-6,9-10H,1,3-4,7-8H2/p+1. The smallest absolute Gasteiger partial charge is 0.176 e. The lowest BCUT2D eigenvalue weighted by molar-refractivity contribution is -0.706. The van der Waals surface area contributed by atoms with Gasteiger partial charge in [0.25, 0.3) is 0 Å². The van der Waals surface area contributed by atoms with Crippen LogP contribution in [-0.4, -0.2) is 14.1 Å². The summed E-state index contributed by atoms with van der Waals surface area (Å²) in [6.45, 7) is 0. The Kier molecular flexibility index (Phi) is 3.78. The van der Waals surface area contributed by atoms with Gasteiger partial charge in [-0.05, 0) is 30.1 Å². The van der Waals surface area contributed by atoms with Gasteiger partial charge in [0.1, 0.15) is 4.90 Å². The van der Waals surface area contributed by atoms with Crippen molar-refractivity contribution >= 4 is 15.8 Å². The summed E-state index contributed by atoms with van der Waals surface area (Å²) in [5, 5.41) is 2.59. The second-order valence-electron chi connectivity index (χ2n) is 4.12. The topological polar surface area (TPSA) is 57.3 Å². The summed E-state index contributed by atoms with van der Waals surface area (Å²) in [5.74, 6) is 0. The quantitative estimate of drug-likeness (QED) is 0.811. The molecule has 1 N–H and O–H groups in total. The van der Waals surface area contributed by atoms with Gasteiger partial charge in [-0.2, -0.15) is 8.42 Å². The lowest BCUT2D eigenvalue weighted by atomic mass is 9.99. The van der Waals surface area contributed by atoms with Gasteiger partial charge in [0.05, 0.1) is 0 Å². The fourth-order valence-electron chi connectivity index (χ4n) is 1.83. The zero-order valence-corrected chi connectivity index (χ0v) is 10.4. The Morgan fingerprint density at radius 2 is 1.65 bits per heavy atom. The van der Waals surface area contributed by atoms with E-state index in [-0.39, 0.29) is 4.90 Å². The Morgan fingerprint density at radius 3 is 2.29 bits per heavy atom. The molecule has 0 bridgehead atoms. The summed E-state index contributed by atoms with van der Waals surface area (Å²) in [4.78, 5) is 0.170. The van der Waals surface area contributed by atoms with Crippen molar-refractivity contribution < 1.29 is 17.9 Å². The zero-order chi connectivity index (χ0) is 12.1. The van der Waals surface area contributed by atoms with Crippen LogP contribution in [0.2, 0.25) is 0 Å². The number of hydrogen-bond donors (Lipinski definition) is 1. The van der Waals surface area contributed by atoms with Crippen molar-refractivity contribution in [2.24, 2.45) is 0 Å². The van der Waals surface area contributed by atoms with Crippen LogP contribution in [0.5, 0.6) is 0 Å². The SMILES string of the molecule is O=S(=O)(O[NH+]=C1CCCCC1)c1ccccc1. The van der Waals surface area contributed by atoms with E-state index in [2.05, 4.69) is 5.16 Å². The molecule has 0 amide bonds. The molecule has 92 valence electrons. The van der Waals surface area contributed by atoms with E-state index in [9.17, 15) is 8.42 Å². The zero-order valence-electron chi connectivity index (χ0n) is 9.56. The maximum absolute atomic E-state index is 11.8. The summed E-state index contributed by atoms with van der Waals surface area (Å²) in [6, 6.07) is 8.14. The van der Waals surface area contributed by atoms with Crippen LogP contribution in [0.15, 0.2) is 35.2 Å². The Hall–Kier alpha value is -1.36. The monoisotopic (exact) mass is 254 g/mol. The first-order valence-electron chi connectivity index (χ1n) is 5.78. The molecule has 0 atom stereocenters. The molecule has 5 heteroatoms. The Labute approximate surface area is 101 Å². The van der Waals surface area contributed by atoms with E-state index in [4.69, 9.17) is 4.28 Å². The van der Waals surface area contributed by atoms with Crippen LogP contribution >= 0.6 is 0 Å². The molecule has 4 nitrogen and oxygen atoms in total. The van der Waals surface area contributed by atoms with E-state index in [0.717, 1.165) is 31.4 Å². The van der Waals surface area contributed by atoms with Crippen LogP contribution in [0, 0.1) is 0 Å². The lowest BCUT2D eigenvalue weighted by Crippen LogP contribution is -2.73. The molecule has 2 rings (SSSR count). The molecule has 0 aliphatic heterocycles. The van der Waals surface area contributed by atoms with Crippen molar-refractivity contribution in [1.29, 1.82) is 0 Å². The highest BCUT2D eigenvalue weighted by molar-refractivity contribution is 7.86. The predicted molar refractivity (Wildman–Crippen MR) is 63.8 cm³/mol. The highest BCUT2D eigenvalue weighted by Crippen LogP contribution is 2.12. The third-order valence-corrected chi connectivity index (χ3v) is 3.94. The van der Waals surface area contributed by atoms with Gasteiger partial charge in [-0.3, -0.25) is 0 Å². The number of hydrogen-bond acceptors (Lipinski definition) is 3. The van der Waals surface area contributed by atoms with E-state index in [1.165, 1.54) is 18.6 Å². The predicted octanol–water partition coefficient (Wildman–Crippen LogP) is 0.793. The Bertz CT molecular complexity index is 486. The van der Waals surface area contributed by atoms with Crippen LogP contribution in [0.3, 0.4) is 0 Å². The molecular weight excluding hydrogens is 238 g/mol. The maximum Gasteiger partial charge on any atom is 0.395 e. The third kappa shape index (κ3) is 3.30. The Morgan fingerprint density at radius 1 is 1.00 bits per heavy atom. The van der Waals surface area contributed by atoms with Crippen molar-refractivity contribution in [3.05, 3.63) is 30.3 Å². The molecule has 1 aliphatic carbocycles.